The maximum Gasteiger partial charge on any atom is 0.202 e. The van der Waals surface area contributed by atoms with Gasteiger partial charge in [-0.25, -0.2) is 13.4 Å². The monoisotopic (exact) mass is 242 g/mol. The lowest BCUT2D eigenvalue weighted by Gasteiger charge is -2.22. The predicted octanol–water partition coefficient (Wildman–Crippen LogP) is 0.616. The molecule has 6 heteroatoms. The van der Waals surface area contributed by atoms with Crippen molar-refractivity contribution in [2.24, 2.45) is 0 Å². The summed E-state index contributed by atoms with van der Waals surface area (Å²) < 4.78 is 29.6. The number of ether oxygens (including phenoxy) is 1. The van der Waals surface area contributed by atoms with Gasteiger partial charge in [-0.15, -0.1) is 0 Å². The molecule has 0 radical (unpaired) electrons. The van der Waals surface area contributed by atoms with Gasteiger partial charge in [-0.1, -0.05) is 0 Å². The lowest BCUT2D eigenvalue weighted by atomic mass is 10.2. The Balaban J connectivity index is 2.35. The van der Waals surface area contributed by atoms with Crippen LogP contribution in [-0.2, 0) is 14.6 Å². The third-order valence-electron chi connectivity index (χ3n) is 2.63. The van der Waals surface area contributed by atoms with E-state index in [1.165, 1.54) is 6.20 Å². The first-order valence-corrected chi connectivity index (χ1v) is 6.69. The standard InChI is InChI=1S/C10H14N2O3S/c11-9-4-1-5-12-10(9)16(13,14)8-3-2-6-15-7-8/h1,4-5,8H,2-3,6-7,11H2. The molecule has 1 fully saturated rings. The molecule has 0 amide bonds. The van der Waals surface area contributed by atoms with Crippen LogP contribution in [0.4, 0.5) is 5.69 Å². The number of nitrogens with zero attached hydrogens (tertiary/aromatic N) is 1. The van der Waals surface area contributed by atoms with Crippen molar-refractivity contribution in [2.45, 2.75) is 23.1 Å². The van der Waals surface area contributed by atoms with Crippen molar-refractivity contribution in [1.82, 2.24) is 4.98 Å². The Morgan fingerprint density at radius 1 is 1.50 bits per heavy atom. The molecule has 1 atom stereocenters. The maximum atomic E-state index is 12.2. The molecule has 5 nitrogen and oxygen atoms in total. The molecule has 16 heavy (non-hydrogen) atoms. The second-order valence-electron chi connectivity index (χ2n) is 3.78. The Morgan fingerprint density at radius 3 is 2.94 bits per heavy atom. The molecule has 2 rings (SSSR count). The van der Waals surface area contributed by atoms with E-state index in [4.69, 9.17) is 10.5 Å². The predicted molar refractivity (Wildman–Crippen MR) is 59.7 cm³/mol. The zero-order valence-electron chi connectivity index (χ0n) is 8.80. The van der Waals surface area contributed by atoms with Crippen LogP contribution in [0.15, 0.2) is 23.4 Å². The minimum Gasteiger partial charge on any atom is -0.396 e. The summed E-state index contributed by atoms with van der Waals surface area (Å²) in [6.45, 7) is 0.863. The average Bonchev–Trinajstić information content (AvgIpc) is 2.30. The Labute approximate surface area is 94.5 Å². The maximum absolute atomic E-state index is 12.2. The van der Waals surface area contributed by atoms with E-state index >= 15 is 0 Å². The van der Waals surface area contributed by atoms with Gasteiger partial charge in [0.25, 0.3) is 0 Å². The van der Waals surface area contributed by atoms with Gasteiger partial charge in [0.15, 0.2) is 5.03 Å². The SMILES string of the molecule is Nc1cccnc1S(=O)(=O)C1CCCOC1. The summed E-state index contributed by atoms with van der Waals surface area (Å²) in [6.07, 6.45) is 2.81. The quantitative estimate of drug-likeness (QED) is 0.822. The van der Waals surface area contributed by atoms with Gasteiger partial charge in [0, 0.05) is 12.8 Å². The largest absolute Gasteiger partial charge is 0.396 e. The molecule has 2 heterocycles. The fourth-order valence-electron chi connectivity index (χ4n) is 1.75. The van der Waals surface area contributed by atoms with Crippen molar-refractivity contribution < 1.29 is 13.2 Å². The molecule has 88 valence electrons. The van der Waals surface area contributed by atoms with Crippen molar-refractivity contribution in [1.29, 1.82) is 0 Å². The van der Waals surface area contributed by atoms with E-state index in [-0.39, 0.29) is 17.3 Å². The number of hydrogen-bond donors (Lipinski definition) is 1. The minimum absolute atomic E-state index is 0.0227. The fourth-order valence-corrected chi connectivity index (χ4v) is 3.43. The van der Waals surface area contributed by atoms with E-state index in [0.717, 1.165) is 6.42 Å². The molecule has 0 aliphatic carbocycles. The van der Waals surface area contributed by atoms with Gasteiger partial charge in [0.1, 0.15) is 0 Å². The summed E-state index contributed by atoms with van der Waals surface area (Å²) in [6, 6.07) is 3.16. The Kier molecular flexibility index (Phi) is 3.11. The fraction of sp³-hybridized carbons (Fsp3) is 0.500. The van der Waals surface area contributed by atoms with Crippen LogP contribution in [0.5, 0.6) is 0 Å². The third-order valence-corrected chi connectivity index (χ3v) is 4.76. The van der Waals surface area contributed by atoms with Gasteiger partial charge < -0.3 is 10.5 Å². The second-order valence-corrected chi connectivity index (χ2v) is 5.93. The number of anilines is 1. The third kappa shape index (κ3) is 2.03. The molecule has 1 saturated heterocycles. The Morgan fingerprint density at radius 2 is 2.31 bits per heavy atom. The summed E-state index contributed by atoms with van der Waals surface area (Å²) >= 11 is 0. The van der Waals surface area contributed by atoms with Crippen molar-refractivity contribution in [3.63, 3.8) is 0 Å². The van der Waals surface area contributed by atoms with Gasteiger partial charge in [-0.3, -0.25) is 0 Å². The molecule has 1 aliphatic rings. The number of nitrogen functional groups attached to an aromatic ring is 1. The molecule has 1 unspecified atom stereocenters. The smallest absolute Gasteiger partial charge is 0.202 e. The molecule has 0 bridgehead atoms. The van der Waals surface area contributed by atoms with Crippen LogP contribution in [0.3, 0.4) is 0 Å². The van der Waals surface area contributed by atoms with Crippen molar-refractivity contribution in [3.8, 4) is 0 Å². The number of sulfone groups is 1. The van der Waals surface area contributed by atoms with Gasteiger partial charge in [0.2, 0.25) is 9.84 Å². The van der Waals surface area contributed by atoms with Gasteiger partial charge in [-0.2, -0.15) is 0 Å². The summed E-state index contributed by atoms with van der Waals surface area (Å²) in [7, 11) is -3.45. The summed E-state index contributed by atoms with van der Waals surface area (Å²) in [4.78, 5) is 3.86. The van der Waals surface area contributed by atoms with Crippen LogP contribution in [0.2, 0.25) is 0 Å². The minimum atomic E-state index is -3.45. The first-order chi connectivity index (χ1) is 7.62. The number of rotatable bonds is 2. The van der Waals surface area contributed by atoms with E-state index in [0.29, 0.717) is 13.0 Å². The van der Waals surface area contributed by atoms with Crippen molar-refractivity contribution >= 4 is 15.5 Å². The molecular weight excluding hydrogens is 228 g/mol. The van der Waals surface area contributed by atoms with Crippen LogP contribution >= 0.6 is 0 Å². The van der Waals surface area contributed by atoms with Crippen LogP contribution < -0.4 is 5.73 Å². The van der Waals surface area contributed by atoms with Crippen molar-refractivity contribution in [3.05, 3.63) is 18.3 Å². The summed E-state index contributed by atoms with van der Waals surface area (Å²) in [5, 5.41) is -0.538. The van der Waals surface area contributed by atoms with Gasteiger partial charge >= 0.3 is 0 Å². The topological polar surface area (TPSA) is 82.3 Å². The molecule has 0 spiro atoms. The molecule has 1 aliphatic heterocycles. The summed E-state index contributed by atoms with van der Waals surface area (Å²) in [5.74, 6) is 0. The normalized spacial score (nSPS) is 21.9. The highest BCUT2D eigenvalue weighted by atomic mass is 32.2. The molecular formula is C10H14N2O3S. The van der Waals surface area contributed by atoms with Gasteiger partial charge in [0.05, 0.1) is 17.5 Å². The number of aromatic nitrogens is 1. The van der Waals surface area contributed by atoms with Crippen molar-refractivity contribution in [2.75, 3.05) is 18.9 Å². The molecule has 0 saturated carbocycles. The van der Waals surface area contributed by atoms with Crippen LogP contribution in [0.25, 0.3) is 0 Å². The van der Waals surface area contributed by atoms with Gasteiger partial charge in [-0.05, 0) is 25.0 Å². The molecule has 1 aromatic heterocycles. The highest BCUT2D eigenvalue weighted by Gasteiger charge is 2.31. The highest BCUT2D eigenvalue weighted by Crippen LogP contribution is 2.24. The zero-order valence-corrected chi connectivity index (χ0v) is 9.61. The molecule has 1 aromatic rings. The van der Waals surface area contributed by atoms with E-state index in [9.17, 15) is 8.42 Å². The lowest BCUT2D eigenvalue weighted by Crippen LogP contribution is -2.31. The Bertz CT molecular complexity index is 467. The molecule has 0 aromatic carbocycles. The van der Waals surface area contributed by atoms with E-state index in [1.807, 2.05) is 0 Å². The zero-order chi connectivity index (χ0) is 11.6. The summed E-state index contributed by atoms with van der Waals surface area (Å²) in [5.41, 5.74) is 5.83. The first-order valence-electron chi connectivity index (χ1n) is 5.14. The number of nitrogens with two attached hydrogens (primary N) is 1. The van der Waals surface area contributed by atoms with Crippen LogP contribution in [0, 0.1) is 0 Å². The van der Waals surface area contributed by atoms with Crippen LogP contribution in [-0.4, -0.2) is 31.9 Å². The first kappa shape index (κ1) is 11.3. The average molecular weight is 242 g/mol. The molecule has 2 N–H and O–H groups in total. The second kappa shape index (κ2) is 4.39. The van der Waals surface area contributed by atoms with E-state index in [2.05, 4.69) is 4.98 Å². The highest BCUT2D eigenvalue weighted by molar-refractivity contribution is 7.92. The Hall–Kier alpha value is -1.14. The van der Waals surface area contributed by atoms with E-state index < -0.39 is 15.1 Å². The van der Waals surface area contributed by atoms with E-state index in [1.54, 1.807) is 12.1 Å². The number of pyridine rings is 1. The number of hydrogen-bond acceptors (Lipinski definition) is 5. The van der Waals surface area contributed by atoms with Crippen LogP contribution in [0.1, 0.15) is 12.8 Å². The lowest BCUT2D eigenvalue weighted by molar-refractivity contribution is 0.0990.